The predicted molar refractivity (Wildman–Crippen MR) is 94.4 cm³/mol. The molecular formula is C20H21NO5. The van der Waals surface area contributed by atoms with Crippen molar-refractivity contribution >= 4 is 6.29 Å². The summed E-state index contributed by atoms with van der Waals surface area (Å²) in [5, 5.41) is 0. The molecule has 26 heavy (non-hydrogen) atoms. The van der Waals surface area contributed by atoms with E-state index in [1.807, 2.05) is 42.5 Å². The Morgan fingerprint density at radius 2 is 1.88 bits per heavy atom. The zero-order chi connectivity index (χ0) is 17.9. The third-order valence-corrected chi connectivity index (χ3v) is 4.80. The van der Waals surface area contributed by atoms with Crippen molar-refractivity contribution in [3.63, 3.8) is 0 Å². The number of carbonyl (C=O) groups is 1. The maximum Gasteiger partial charge on any atom is 0.231 e. The van der Waals surface area contributed by atoms with Crippen molar-refractivity contribution in [2.24, 2.45) is 0 Å². The van der Waals surface area contributed by atoms with Crippen LogP contribution in [0.15, 0.2) is 42.5 Å². The van der Waals surface area contributed by atoms with Gasteiger partial charge in [0, 0.05) is 12.6 Å². The van der Waals surface area contributed by atoms with Gasteiger partial charge in [-0.15, -0.1) is 0 Å². The highest BCUT2D eigenvalue weighted by Gasteiger charge is 2.34. The maximum atomic E-state index is 11.4. The van der Waals surface area contributed by atoms with Gasteiger partial charge < -0.3 is 18.9 Å². The first-order valence-corrected chi connectivity index (χ1v) is 8.61. The Labute approximate surface area is 152 Å². The van der Waals surface area contributed by atoms with E-state index in [4.69, 9.17) is 18.9 Å². The van der Waals surface area contributed by atoms with Crippen molar-refractivity contribution in [3.8, 4) is 17.2 Å². The van der Waals surface area contributed by atoms with Crippen LogP contribution in [0.1, 0.15) is 11.1 Å². The molecule has 0 radical (unpaired) electrons. The van der Waals surface area contributed by atoms with Crippen molar-refractivity contribution in [1.29, 1.82) is 0 Å². The van der Waals surface area contributed by atoms with Crippen LogP contribution in [0.4, 0.5) is 0 Å². The number of rotatable bonds is 6. The molecule has 2 aromatic carbocycles. The molecule has 0 aromatic heterocycles. The van der Waals surface area contributed by atoms with E-state index in [1.165, 1.54) is 5.56 Å². The molecule has 2 aliphatic heterocycles. The molecule has 1 fully saturated rings. The average molecular weight is 355 g/mol. The van der Waals surface area contributed by atoms with Crippen LogP contribution in [0.2, 0.25) is 0 Å². The third kappa shape index (κ3) is 3.38. The minimum atomic E-state index is -0.524. The minimum absolute atomic E-state index is 0.129. The number of aldehydes is 1. The molecular weight excluding hydrogens is 334 g/mol. The number of hydrogen-bond acceptors (Lipinski definition) is 6. The predicted octanol–water partition coefficient (Wildman–Crippen LogP) is 2.39. The Hall–Kier alpha value is -2.57. The normalized spacial score (nSPS) is 21.7. The Morgan fingerprint density at radius 1 is 1.12 bits per heavy atom. The topological polar surface area (TPSA) is 57.2 Å². The summed E-state index contributed by atoms with van der Waals surface area (Å²) in [4.78, 5) is 13.5. The second kappa shape index (κ2) is 7.35. The van der Waals surface area contributed by atoms with Gasteiger partial charge in [0.15, 0.2) is 24.0 Å². The lowest BCUT2D eigenvalue weighted by Gasteiger charge is -2.25. The molecule has 0 aliphatic carbocycles. The lowest BCUT2D eigenvalue weighted by Crippen LogP contribution is -2.38. The number of fused-ring (bicyclic) bond motifs is 1. The Bertz CT molecular complexity index is 776. The van der Waals surface area contributed by atoms with E-state index in [0.29, 0.717) is 13.2 Å². The first-order valence-electron chi connectivity index (χ1n) is 8.61. The monoisotopic (exact) mass is 355 g/mol. The van der Waals surface area contributed by atoms with Gasteiger partial charge in [0.2, 0.25) is 6.79 Å². The van der Waals surface area contributed by atoms with Crippen LogP contribution in [0, 0.1) is 0 Å². The largest absolute Gasteiger partial charge is 0.497 e. The zero-order valence-corrected chi connectivity index (χ0v) is 14.6. The van der Waals surface area contributed by atoms with Crippen LogP contribution in [0.3, 0.4) is 0 Å². The van der Waals surface area contributed by atoms with Crippen molar-refractivity contribution < 1.29 is 23.7 Å². The molecule has 136 valence electrons. The first-order chi connectivity index (χ1) is 12.8. The van der Waals surface area contributed by atoms with Gasteiger partial charge in [0.25, 0.3) is 0 Å². The Morgan fingerprint density at radius 3 is 2.65 bits per heavy atom. The summed E-state index contributed by atoms with van der Waals surface area (Å²) < 4.78 is 21.7. The Balaban J connectivity index is 1.49. The standard InChI is InChI=1S/C20H21NO5/c1-23-17-5-2-14(3-6-17)8-16-12-24-20(11-22)21(16)10-15-4-7-18-19(9-15)26-13-25-18/h2-7,9,11,16,20H,8,10,12-13H2,1H3/t16-,20?/m0/s1. The van der Waals surface area contributed by atoms with Crippen LogP contribution in [-0.2, 0) is 22.5 Å². The summed E-state index contributed by atoms with van der Waals surface area (Å²) in [5.41, 5.74) is 2.24. The molecule has 6 heteroatoms. The van der Waals surface area contributed by atoms with Crippen molar-refractivity contribution in [3.05, 3.63) is 53.6 Å². The quantitative estimate of drug-likeness (QED) is 0.742. The molecule has 0 saturated carbocycles. The smallest absolute Gasteiger partial charge is 0.231 e. The maximum absolute atomic E-state index is 11.4. The molecule has 0 amide bonds. The zero-order valence-electron chi connectivity index (χ0n) is 14.6. The number of methoxy groups -OCH3 is 1. The highest BCUT2D eigenvalue weighted by molar-refractivity contribution is 5.56. The Kier molecular flexibility index (Phi) is 4.77. The van der Waals surface area contributed by atoms with E-state index in [2.05, 4.69) is 4.90 Å². The van der Waals surface area contributed by atoms with Gasteiger partial charge in [-0.05, 0) is 41.8 Å². The highest BCUT2D eigenvalue weighted by atomic mass is 16.7. The molecule has 6 nitrogen and oxygen atoms in total. The van der Waals surface area contributed by atoms with E-state index in [-0.39, 0.29) is 12.8 Å². The molecule has 2 heterocycles. The molecule has 2 aliphatic rings. The van der Waals surface area contributed by atoms with Crippen LogP contribution in [0.25, 0.3) is 0 Å². The number of ether oxygens (including phenoxy) is 4. The lowest BCUT2D eigenvalue weighted by molar-refractivity contribution is -0.122. The highest BCUT2D eigenvalue weighted by Crippen LogP contribution is 2.33. The van der Waals surface area contributed by atoms with Gasteiger partial charge in [0.1, 0.15) is 5.75 Å². The van der Waals surface area contributed by atoms with Gasteiger partial charge in [-0.3, -0.25) is 9.69 Å². The van der Waals surface area contributed by atoms with Gasteiger partial charge in [-0.2, -0.15) is 0 Å². The minimum Gasteiger partial charge on any atom is -0.497 e. The van der Waals surface area contributed by atoms with E-state index < -0.39 is 6.23 Å². The van der Waals surface area contributed by atoms with Crippen LogP contribution in [0.5, 0.6) is 17.2 Å². The lowest BCUT2D eigenvalue weighted by atomic mass is 10.0. The second-order valence-electron chi connectivity index (χ2n) is 6.43. The molecule has 4 rings (SSSR count). The van der Waals surface area contributed by atoms with Gasteiger partial charge in [-0.25, -0.2) is 0 Å². The number of nitrogens with zero attached hydrogens (tertiary/aromatic N) is 1. The van der Waals surface area contributed by atoms with Gasteiger partial charge >= 0.3 is 0 Å². The summed E-state index contributed by atoms with van der Waals surface area (Å²) in [6, 6.07) is 14.0. The van der Waals surface area contributed by atoms with E-state index in [1.54, 1.807) is 7.11 Å². The SMILES string of the molecule is COc1ccc(C[C@H]2COC(C=O)N2Cc2ccc3c(c2)OCO3)cc1. The fraction of sp³-hybridized carbons (Fsp3) is 0.350. The van der Waals surface area contributed by atoms with Gasteiger partial charge in [-0.1, -0.05) is 18.2 Å². The fourth-order valence-electron chi connectivity index (χ4n) is 3.41. The molecule has 0 spiro atoms. The number of hydrogen-bond donors (Lipinski definition) is 0. The fourth-order valence-corrected chi connectivity index (χ4v) is 3.41. The van der Waals surface area contributed by atoms with Gasteiger partial charge in [0.05, 0.1) is 13.7 Å². The summed E-state index contributed by atoms with van der Waals surface area (Å²) in [7, 11) is 1.65. The molecule has 0 bridgehead atoms. The first kappa shape index (κ1) is 16.9. The summed E-state index contributed by atoms with van der Waals surface area (Å²) in [6.45, 7) is 1.39. The van der Waals surface area contributed by atoms with Crippen molar-refractivity contribution in [2.45, 2.75) is 25.2 Å². The number of benzene rings is 2. The van der Waals surface area contributed by atoms with Crippen LogP contribution < -0.4 is 14.2 Å². The van der Waals surface area contributed by atoms with Crippen LogP contribution >= 0.6 is 0 Å². The van der Waals surface area contributed by atoms with E-state index in [9.17, 15) is 4.79 Å². The molecule has 2 aromatic rings. The molecule has 0 N–H and O–H groups in total. The van der Waals surface area contributed by atoms with Crippen molar-refractivity contribution in [2.75, 3.05) is 20.5 Å². The molecule has 1 saturated heterocycles. The summed E-state index contributed by atoms with van der Waals surface area (Å²) >= 11 is 0. The molecule has 1 unspecified atom stereocenters. The van der Waals surface area contributed by atoms with Crippen LogP contribution in [-0.4, -0.2) is 44.0 Å². The summed E-state index contributed by atoms with van der Waals surface area (Å²) in [5.74, 6) is 2.34. The second-order valence-corrected chi connectivity index (χ2v) is 6.43. The number of carbonyl (C=O) groups excluding carboxylic acids is 1. The molecule has 2 atom stereocenters. The van der Waals surface area contributed by atoms with E-state index in [0.717, 1.165) is 35.5 Å². The average Bonchev–Trinajstić information content (AvgIpc) is 3.29. The van der Waals surface area contributed by atoms with E-state index >= 15 is 0 Å². The third-order valence-electron chi connectivity index (χ3n) is 4.80. The summed E-state index contributed by atoms with van der Waals surface area (Å²) in [6.07, 6.45) is 1.14. The van der Waals surface area contributed by atoms with Crippen molar-refractivity contribution in [1.82, 2.24) is 4.90 Å².